The van der Waals surface area contributed by atoms with Gasteiger partial charge in [-0.05, 0) is 36.8 Å². The minimum Gasteiger partial charge on any atom is -0.352 e. The minimum atomic E-state index is -0.522. The van der Waals surface area contributed by atoms with Crippen molar-refractivity contribution in [2.45, 2.75) is 32.6 Å². The summed E-state index contributed by atoms with van der Waals surface area (Å²) in [6, 6.07) is 4.35. The highest BCUT2D eigenvalue weighted by atomic mass is 19.1. The Hall–Kier alpha value is -1.62. The van der Waals surface area contributed by atoms with Crippen molar-refractivity contribution < 1.29 is 9.18 Å². The first-order valence-corrected chi connectivity index (χ1v) is 7.15. The van der Waals surface area contributed by atoms with Gasteiger partial charge in [0.2, 0.25) is 0 Å². The summed E-state index contributed by atoms with van der Waals surface area (Å²) in [5.41, 5.74) is 2.54. The number of amides is 1. The van der Waals surface area contributed by atoms with E-state index < -0.39 is 5.82 Å². The van der Waals surface area contributed by atoms with Gasteiger partial charge >= 0.3 is 0 Å². The average Bonchev–Trinajstić information content (AvgIpc) is 2.44. The van der Waals surface area contributed by atoms with Gasteiger partial charge < -0.3 is 10.7 Å². The van der Waals surface area contributed by atoms with Crippen molar-refractivity contribution in [3.8, 4) is 0 Å². The molecule has 2 atom stereocenters. The Kier molecular flexibility index (Phi) is 4.95. The van der Waals surface area contributed by atoms with E-state index >= 15 is 0 Å². The fraction of sp³-hybridized carbons (Fsp3) is 0.533. The number of carbonyl (C=O) groups excluding carboxylic acids is 1. The molecule has 0 aromatic heterocycles. The fourth-order valence-corrected chi connectivity index (χ4v) is 2.94. The van der Waals surface area contributed by atoms with E-state index in [2.05, 4.69) is 17.7 Å². The maximum Gasteiger partial charge on any atom is 0.253 e. The normalized spacial score (nSPS) is 22.4. The van der Waals surface area contributed by atoms with Gasteiger partial charge in [-0.1, -0.05) is 25.8 Å². The molecule has 0 radical (unpaired) electrons. The first-order chi connectivity index (χ1) is 9.61. The second kappa shape index (κ2) is 6.70. The predicted molar refractivity (Wildman–Crippen MR) is 77.7 cm³/mol. The predicted octanol–water partition coefficient (Wildman–Crippen LogP) is 2.67. The van der Waals surface area contributed by atoms with Gasteiger partial charge in [-0.15, -0.1) is 0 Å². The molecule has 0 bridgehead atoms. The van der Waals surface area contributed by atoms with Gasteiger partial charge in [0.05, 0.1) is 11.3 Å². The van der Waals surface area contributed by atoms with Crippen LogP contribution < -0.4 is 16.6 Å². The highest BCUT2D eigenvalue weighted by molar-refractivity contribution is 5.99. The van der Waals surface area contributed by atoms with Crippen molar-refractivity contribution >= 4 is 11.6 Å². The first-order valence-electron chi connectivity index (χ1n) is 7.15. The summed E-state index contributed by atoms with van der Waals surface area (Å²) in [4.78, 5) is 12.1. The highest BCUT2D eigenvalue weighted by Gasteiger charge is 2.20. The van der Waals surface area contributed by atoms with Gasteiger partial charge in [0, 0.05) is 6.54 Å². The van der Waals surface area contributed by atoms with Crippen LogP contribution in [0.5, 0.6) is 0 Å². The van der Waals surface area contributed by atoms with Crippen LogP contribution in [-0.2, 0) is 0 Å². The lowest BCUT2D eigenvalue weighted by molar-refractivity contribution is 0.0941. The smallest absolute Gasteiger partial charge is 0.253 e. The number of nitrogens with one attached hydrogen (secondary N) is 2. The molecule has 2 unspecified atom stereocenters. The molecule has 4 nitrogen and oxygen atoms in total. The number of benzene rings is 1. The molecule has 4 N–H and O–H groups in total. The quantitative estimate of drug-likeness (QED) is 0.586. The number of carbonyl (C=O) groups is 1. The molecule has 1 saturated carbocycles. The molecule has 0 spiro atoms. The molecule has 2 rings (SSSR count). The number of nitrogen functional groups attached to an aromatic ring is 1. The van der Waals surface area contributed by atoms with Gasteiger partial charge in [0.25, 0.3) is 5.91 Å². The van der Waals surface area contributed by atoms with E-state index in [0.717, 1.165) is 18.8 Å². The summed E-state index contributed by atoms with van der Waals surface area (Å²) >= 11 is 0. The third kappa shape index (κ3) is 3.48. The second-order valence-electron chi connectivity index (χ2n) is 5.65. The molecular weight excluding hydrogens is 257 g/mol. The van der Waals surface area contributed by atoms with Crippen molar-refractivity contribution in [1.29, 1.82) is 0 Å². The zero-order valence-electron chi connectivity index (χ0n) is 11.8. The van der Waals surface area contributed by atoms with Crippen LogP contribution in [0.25, 0.3) is 0 Å². The van der Waals surface area contributed by atoms with Crippen molar-refractivity contribution in [1.82, 2.24) is 5.32 Å². The number of anilines is 1. The van der Waals surface area contributed by atoms with Crippen LogP contribution >= 0.6 is 0 Å². The summed E-state index contributed by atoms with van der Waals surface area (Å²) in [7, 11) is 0. The lowest BCUT2D eigenvalue weighted by Crippen LogP contribution is -2.32. The van der Waals surface area contributed by atoms with Crippen molar-refractivity contribution in [2.75, 3.05) is 12.0 Å². The number of hydrogen-bond acceptors (Lipinski definition) is 3. The van der Waals surface area contributed by atoms with Crippen molar-refractivity contribution in [2.24, 2.45) is 17.7 Å². The van der Waals surface area contributed by atoms with Crippen LogP contribution in [-0.4, -0.2) is 12.5 Å². The Morgan fingerprint density at radius 3 is 2.95 bits per heavy atom. The molecule has 20 heavy (non-hydrogen) atoms. The SMILES string of the molecule is CC1CCCC(CNC(=O)c2cccc(F)c2NN)C1. The average molecular weight is 279 g/mol. The van der Waals surface area contributed by atoms with E-state index in [0.29, 0.717) is 12.5 Å². The molecule has 1 aromatic rings. The fourth-order valence-electron chi connectivity index (χ4n) is 2.94. The maximum absolute atomic E-state index is 13.5. The van der Waals surface area contributed by atoms with Crippen LogP contribution in [0, 0.1) is 17.7 Å². The number of para-hydroxylation sites is 1. The van der Waals surface area contributed by atoms with Gasteiger partial charge in [0.15, 0.2) is 0 Å². The molecular formula is C15H22FN3O. The van der Waals surface area contributed by atoms with Gasteiger partial charge in [-0.25, -0.2) is 4.39 Å². The molecule has 1 amide bonds. The van der Waals surface area contributed by atoms with Gasteiger partial charge in [-0.2, -0.15) is 0 Å². The number of nitrogens with two attached hydrogens (primary N) is 1. The Labute approximate surface area is 118 Å². The van der Waals surface area contributed by atoms with E-state index in [4.69, 9.17) is 5.84 Å². The molecule has 0 aliphatic heterocycles. The van der Waals surface area contributed by atoms with Gasteiger partial charge in [0.1, 0.15) is 5.82 Å². The highest BCUT2D eigenvalue weighted by Crippen LogP contribution is 2.28. The largest absolute Gasteiger partial charge is 0.352 e. The molecule has 0 saturated heterocycles. The molecule has 110 valence electrons. The van der Waals surface area contributed by atoms with Crippen LogP contribution in [0.2, 0.25) is 0 Å². The van der Waals surface area contributed by atoms with E-state index in [9.17, 15) is 9.18 Å². The molecule has 1 fully saturated rings. The van der Waals surface area contributed by atoms with E-state index in [1.807, 2.05) is 0 Å². The Morgan fingerprint density at radius 1 is 1.45 bits per heavy atom. The summed E-state index contributed by atoms with van der Waals surface area (Å²) in [6.07, 6.45) is 4.79. The minimum absolute atomic E-state index is 0.0435. The molecule has 0 heterocycles. The lowest BCUT2D eigenvalue weighted by Gasteiger charge is -2.26. The van der Waals surface area contributed by atoms with E-state index in [-0.39, 0.29) is 17.2 Å². The summed E-state index contributed by atoms with van der Waals surface area (Å²) < 4.78 is 13.5. The second-order valence-corrected chi connectivity index (χ2v) is 5.65. The van der Waals surface area contributed by atoms with Crippen molar-refractivity contribution in [3.05, 3.63) is 29.6 Å². The number of halogens is 1. The van der Waals surface area contributed by atoms with Crippen LogP contribution in [0.3, 0.4) is 0 Å². The standard InChI is InChI=1S/C15H22FN3O/c1-10-4-2-5-11(8-10)9-18-15(20)12-6-3-7-13(16)14(12)19-17/h3,6-7,10-11,19H,2,4-5,8-9,17H2,1H3,(H,18,20). The summed E-state index contributed by atoms with van der Waals surface area (Å²) in [5.74, 6) is 5.72. The lowest BCUT2D eigenvalue weighted by atomic mass is 9.82. The Morgan fingerprint density at radius 2 is 2.25 bits per heavy atom. The number of hydrogen-bond donors (Lipinski definition) is 3. The number of rotatable bonds is 4. The van der Waals surface area contributed by atoms with Crippen LogP contribution in [0.15, 0.2) is 18.2 Å². The van der Waals surface area contributed by atoms with E-state index in [1.165, 1.54) is 25.0 Å². The van der Waals surface area contributed by atoms with Crippen LogP contribution in [0.1, 0.15) is 43.0 Å². The Balaban J connectivity index is 1.96. The maximum atomic E-state index is 13.5. The molecule has 1 aliphatic carbocycles. The topological polar surface area (TPSA) is 67.2 Å². The third-order valence-corrected chi connectivity index (χ3v) is 4.00. The van der Waals surface area contributed by atoms with Crippen LogP contribution in [0.4, 0.5) is 10.1 Å². The summed E-state index contributed by atoms with van der Waals surface area (Å²) in [5, 5.41) is 2.89. The number of hydrazine groups is 1. The monoisotopic (exact) mass is 279 g/mol. The molecule has 5 heteroatoms. The molecule has 1 aromatic carbocycles. The van der Waals surface area contributed by atoms with Crippen molar-refractivity contribution in [3.63, 3.8) is 0 Å². The molecule has 1 aliphatic rings. The van der Waals surface area contributed by atoms with E-state index in [1.54, 1.807) is 6.07 Å². The Bertz CT molecular complexity index is 478. The first kappa shape index (κ1) is 14.8. The summed E-state index contributed by atoms with van der Waals surface area (Å²) in [6.45, 7) is 2.89. The van der Waals surface area contributed by atoms with Gasteiger partial charge in [-0.3, -0.25) is 10.6 Å². The zero-order chi connectivity index (χ0) is 14.5. The zero-order valence-corrected chi connectivity index (χ0v) is 11.8. The third-order valence-electron chi connectivity index (χ3n) is 4.00.